The Morgan fingerprint density at radius 2 is 1.79 bits per heavy atom. The molecular formula is C16H11Cl2KN4O4S. The van der Waals surface area contributed by atoms with Crippen molar-refractivity contribution in [1.29, 1.82) is 0 Å². The van der Waals surface area contributed by atoms with Gasteiger partial charge in [-0.1, -0.05) is 23.2 Å². The number of hydrazone groups is 1. The first-order valence-electron chi connectivity index (χ1n) is 7.48. The van der Waals surface area contributed by atoms with Crippen LogP contribution in [-0.2, 0) is 14.9 Å². The van der Waals surface area contributed by atoms with Crippen LogP contribution in [0, 0.1) is 0 Å². The summed E-state index contributed by atoms with van der Waals surface area (Å²) in [5.41, 5.74) is 0.862. The smallest absolute Gasteiger partial charge is 0.744 e. The van der Waals surface area contributed by atoms with Crippen molar-refractivity contribution in [3.63, 3.8) is 0 Å². The number of rotatable bonds is 4. The summed E-state index contributed by atoms with van der Waals surface area (Å²) in [6.45, 7) is 1.61. The van der Waals surface area contributed by atoms with Gasteiger partial charge in [-0.05, 0) is 49.4 Å². The second-order valence-corrected chi connectivity index (χ2v) is 7.78. The van der Waals surface area contributed by atoms with Gasteiger partial charge in [-0.2, -0.15) is 20.3 Å². The minimum atomic E-state index is -4.67. The first-order valence-corrected chi connectivity index (χ1v) is 9.64. The fourth-order valence-corrected chi connectivity index (χ4v) is 3.07. The average Bonchev–Trinajstić information content (AvgIpc) is 2.88. The molecule has 0 aliphatic carbocycles. The normalized spacial score (nSPS) is 17.0. The van der Waals surface area contributed by atoms with Gasteiger partial charge in [0.05, 0.1) is 21.3 Å². The van der Waals surface area contributed by atoms with E-state index in [1.54, 1.807) is 31.2 Å². The number of nitrogens with zero attached hydrogens (tertiary/aromatic N) is 4. The molecule has 1 amide bonds. The van der Waals surface area contributed by atoms with Crippen molar-refractivity contribution in [2.45, 2.75) is 17.9 Å². The molecule has 140 valence electrons. The van der Waals surface area contributed by atoms with Crippen molar-refractivity contribution in [2.75, 3.05) is 5.01 Å². The van der Waals surface area contributed by atoms with Gasteiger partial charge in [0, 0.05) is 5.02 Å². The molecule has 3 rings (SSSR count). The first-order chi connectivity index (χ1) is 12.7. The first kappa shape index (κ1) is 23.6. The second-order valence-electron chi connectivity index (χ2n) is 5.55. The predicted molar refractivity (Wildman–Crippen MR) is 99.8 cm³/mol. The van der Waals surface area contributed by atoms with Crippen LogP contribution in [-0.4, -0.2) is 30.6 Å². The Morgan fingerprint density at radius 1 is 1.14 bits per heavy atom. The Hall–Kier alpha value is -0.694. The van der Waals surface area contributed by atoms with E-state index in [2.05, 4.69) is 15.3 Å². The van der Waals surface area contributed by atoms with Gasteiger partial charge in [-0.15, -0.1) is 0 Å². The van der Waals surface area contributed by atoms with Gasteiger partial charge in [0.1, 0.15) is 15.8 Å². The molecule has 0 bridgehead atoms. The van der Waals surface area contributed by atoms with Gasteiger partial charge in [-0.3, -0.25) is 4.79 Å². The second kappa shape index (κ2) is 9.41. The molecule has 1 unspecified atom stereocenters. The molecular weight excluding hydrogens is 454 g/mol. The van der Waals surface area contributed by atoms with E-state index < -0.39 is 27.0 Å². The number of hydrogen-bond acceptors (Lipinski definition) is 7. The van der Waals surface area contributed by atoms with E-state index in [1.165, 1.54) is 11.1 Å². The van der Waals surface area contributed by atoms with E-state index in [-0.39, 0.29) is 62.1 Å². The third-order valence-electron chi connectivity index (χ3n) is 3.65. The maximum atomic E-state index is 12.6. The fourth-order valence-electron chi connectivity index (χ4n) is 2.30. The Balaban J connectivity index is 0.00000280. The molecule has 0 aromatic heterocycles. The summed E-state index contributed by atoms with van der Waals surface area (Å²) in [6.07, 6.45) is 0. The van der Waals surface area contributed by atoms with Crippen LogP contribution in [0.4, 0.5) is 11.4 Å². The molecule has 1 aliphatic heterocycles. The zero-order valence-corrected chi connectivity index (χ0v) is 20.2. The Bertz CT molecular complexity index is 1070. The van der Waals surface area contributed by atoms with Crippen molar-refractivity contribution >= 4 is 56.3 Å². The molecule has 0 fully saturated rings. The van der Waals surface area contributed by atoms with E-state index in [1.807, 2.05) is 0 Å². The summed E-state index contributed by atoms with van der Waals surface area (Å²) in [4.78, 5) is 12.1. The van der Waals surface area contributed by atoms with Crippen LogP contribution in [0.25, 0.3) is 0 Å². The third-order valence-corrected chi connectivity index (χ3v) is 5.06. The third kappa shape index (κ3) is 5.26. The van der Waals surface area contributed by atoms with Crippen LogP contribution >= 0.6 is 23.2 Å². The topological polar surface area (TPSA) is 115 Å². The largest absolute Gasteiger partial charge is 1.00 e. The number of carbonyl (C=O) groups is 1. The van der Waals surface area contributed by atoms with Gasteiger partial charge < -0.3 is 4.55 Å². The molecule has 2 aromatic carbocycles. The summed E-state index contributed by atoms with van der Waals surface area (Å²) in [7, 11) is -4.67. The number of benzene rings is 2. The standard InChI is InChI=1S/C16H12Cl2N4O4S.K/c1-9-15(16(23)22(21-9)11-4-2-10(17)3-5-11)20-19-14-8-12(27(24,25)26)6-7-13(14)18;/h2-8,15H,1H3,(H,24,25,26);/q;+1/p-1. The van der Waals surface area contributed by atoms with Gasteiger partial charge in [0.2, 0.25) is 0 Å². The van der Waals surface area contributed by atoms with Crippen LogP contribution in [0.3, 0.4) is 0 Å². The molecule has 12 heteroatoms. The van der Waals surface area contributed by atoms with Crippen LogP contribution < -0.4 is 56.4 Å². The minimum absolute atomic E-state index is 0. The van der Waals surface area contributed by atoms with E-state index in [0.717, 1.165) is 12.1 Å². The Labute approximate surface area is 213 Å². The number of hydrogen-bond donors (Lipinski definition) is 0. The SMILES string of the molecule is CC1=NN(c2ccc(Cl)cc2)C(=O)C1N=Nc1cc(S(=O)(=O)[O-])ccc1Cl.[K+]. The summed E-state index contributed by atoms with van der Waals surface area (Å²) in [6, 6.07) is 8.81. The van der Waals surface area contributed by atoms with Gasteiger partial charge in [0.15, 0.2) is 6.04 Å². The molecule has 28 heavy (non-hydrogen) atoms. The van der Waals surface area contributed by atoms with Gasteiger partial charge >= 0.3 is 51.4 Å². The van der Waals surface area contributed by atoms with Crippen LogP contribution in [0.15, 0.2) is 62.7 Å². The number of azo groups is 1. The average molecular weight is 465 g/mol. The minimum Gasteiger partial charge on any atom is -0.744 e. The molecule has 0 N–H and O–H groups in total. The predicted octanol–water partition coefficient (Wildman–Crippen LogP) is 0.776. The van der Waals surface area contributed by atoms with E-state index in [9.17, 15) is 17.8 Å². The summed E-state index contributed by atoms with van der Waals surface area (Å²) >= 11 is 11.8. The van der Waals surface area contributed by atoms with E-state index in [0.29, 0.717) is 16.4 Å². The maximum absolute atomic E-state index is 12.6. The van der Waals surface area contributed by atoms with Crippen molar-refractivity contribution in [1.82, 2.24) is 0 Å². The van der Waals surface area contributed by atoms with Crippen LogP contribution in [0.1, 0.15) is 6.92 Å². The van der Waals surface area contributed by atoms with Gasteiger partial charge in [0.25, 0.3) is 5.91 Å². The number of halogens is 2. The van der Waals surface area contributed by atoms with Crippen molar-refractivity contribution in [3.05, 3.63) is 52.5 Å². The van der Waals surface area contributed by atoms with Crippen LogP contribution in [0.2, 0.25) is 10.0 Å². The molecule has 2 aromatic rings. The van der Waals surface area contributed by atoms with Crippen molar-refractivity contribution < 1.29 is 69.1 Å². The number of amides is 1. The van der Waals surface area contributed by atoms with E-state index in [4.69, 9.17) is 23.2 Å². The summed E-state index contributed by atoms with van der Waals surface area (Å²) in [5, 5.41) is 13.7. The number of carbonyl (C=O) groups excluding carboxylic acids is 1. The van der Waals surface area contributed by atoms with Crippen molar-refractivity contribution in [3.8, 4) is 0 Å². The van der Waals surface area contributed by atoms with E-state index >= 15 is 0 Å². The molecule has 1 aliphatic rings. The molecule has 8 nitrogen and oxygen atoms in total. The monoisotopic (exact) mass is 464 g/mol. The molecule has 0 saturated carbocycles. The number of anilines is 1. The zero-order valence-electron chi connectivity index (χ0n) is 14.7. The maximum Gasteiger partial charge on any atom is 1.00 e. The summed E-state index contributed by atoms with van der Waals surface area (Å²) in [5.74, 6) is -0.442. The molecule has 1 atom stereocenters. The Morgan fingerprint density at radius 3 is 2.39 bits per heavy atom. The van der Waals surface area contributed by atoms with Crippen molar-refractivity contribution in [2.24, 2.45) is 15.3 Å². The van der Waals surface area contributed by atoms with Crippen LogP contribution in [0.5, 0.6) is 0 Å². The molecule has 0 spiro atoms. The molecule has 1 heterocycles. The zero-order chi connectivity index (χ0) is 19.8. The quantitative estimate of drug-likeness (QED) is 0.377. The molecule has 0 saturated heterocycles. The molecule has 0 radical (unpaired) electrons. The fraction of sp³-hybridized carbons (Fsp3) is 0.125. The van der Waals surface area contributed by atoms with Gasteiger partial charge in [-0.25, -0.2) is 8.42 Å². The Kier molecular flexibility index (Phi) is 7.93. The summed E-state index contributed by atoms with van der Waals surface area (Å²) < 4.78 is 33.4.